The predicted octanol–water partition coefficient (Wildman–Crippen LogP) is -1.64. The normalized spacial score (nSPS) is 26.8. The summed E-state index contributed by atoms with van der Waals surface area (Å²) < 4.78 is 7.07. The molecule has 4 atom stereocenters. The number of nitrogens with zero attached hydrogens (tertiary/aromatic N) is 3. The largest absolute Gasteiger partial charge is 0.394 e. The molecule has 24 heavy (non-hydrogen) atoms. The Morgan fingerprint density at radius 1 is 1.46 bits per heavy atom. The molecule has 0 saturated carbocycles. The van der Waals surface area contributed by atoms with Gasteiger partial charge in [-0.25, -0.2) is 9.97 Å². The molecule has 0 radical (unpaired) electrons. The third kappa shape index (κ3) is 2.31. The molecule has 3 rings (SSSR count). The van der Waals surface area contributed by atoms with Crippen molar-refractivity contribution >= 4 is 22.8 Å². The van der Waals surface area contributed by atoms with Crippen molar-refractivity contribution in [2.75, 3.05) is 12.3 Å². The van der Waals surface area contributed by atoms with Crippen LogP contribution < -0.4 is 16.9 Å². The first-order valence-corrected chi connectivity index (χ1v) is 7.26. The van der Waals surface area contributed by atoms with Gasteiger partial charge in [-0.05, 0) is 0 Å². The number of aromatic nitrogens is 3. The number of rotatable bonds is 3. The second-order valence-corrected chi connectivity index (χ2v) is 5.70. The minimum Gasteiger partial charge on any atom is -0.394 e. The van der Waals surface area contributed by atoms with Gasteiger partial charge in [-0.1, -0.05) is 6.92 Å². The molecule has 1 fully saturated rings. The van der Waals surface area contributed by atoms with Crippen LogP contribution >= 0.6 is 0 Å². The summed E-state index contributed by atoms with van der Waals surface area (Å²) in [7, 11) is 0. The van der Waals surface area contributed by atoms with Crippen LogP contribution in [0.25, 0.3) is 11.0 Å². The Morgan fingerprint density at radius 2 is 2.17 bits per heavy atom. The molecule has 0 spiro atoms. The maximum absolute atomic E-state index is 12.4. The number of hydrogen-bond acceptors (Lipinski definition) is 8. The molecule has 3 unspecified atom stereocenters. The third-order valence-electron chi connectivity index (χ3n) is 4.24. The van der Waals surface area contributed by atoms with Gasteiger partial charge in [-0.2, -0.15) is 0 Å². The van der Waals surface area contributed by atoms with Gasteiger partial charge in [0.05, 0.1) is 12.7 Å². The van der Waals surface area contributed by atoms with E-state index in [1.54, 1.807) is 6.92 Å². The van der Waals surface area contributed by atoms with Gasteiger partial charge in [0.1, 0.15) is 35.4 Å². The van der Waals surface area contributed by atoms with E-state index in [-0.39, 0.29) is 29.0 Å². The first kappa shape index (κ1) is 16.3. The van der Waals surface area contributed by atoms with Crippen LogP contribution in [0.1, 0.15) is 23.5 Å². The van der Waals surface area contributed by atoms with Gasteiger partial charge < -0.3 is 31.0 Å². The number of hydrogen-bond donors (Lipinski definition) is 4. The molecule has 128 valence electrons. The number of anilines is 1. The number of nitrogen functional groups attached to an aromatic ring is 1. The number of aliphatic hydroxyl groups excluding tert-OH is 2. The lowest BCUT2D eigenvalue weighted by atomic mass is 10.0. The maximum atomic E-state index is 12.4. The van der Waals surface area contributed by atoms with Gasteiger partial charge in [0.25, 0.3) is 5.91 Å². The van der Waals surface area contributed by atoms with E-state index in [4.69, 9.17) is 16.2 Å². The quantitative estimate of drug-likeness (QED) is 0.518. The van der Waals surface area contributed by atoms with Gasteiger partial charge >= 0.3 is 0 Å². The second kappa shape index (κ2) is 5.82. The summed E-state index contributed by atoms with van der Waals surface area (Å²) in [5.74, 6) is -1.46. The zero-order valence-electron chi connectivity index (χ0n) is 12.8. The molecule has 1 aliphatic heterocycles. The van der Waals surface area contributed by atoms with Crippen LogP contribution in [0.5, 0.6) is 0 Å². The smallest absolute Gasteiger partial charge is 0.254 e. The maximum Gasteiger partial charge on any atom is 0.254 e. The number of aliphatic hydroxyl groups is 2. The van der Waals surface area contributed by atoms with E-state index in [0.29, 0.717) is 0 Å². The zero-order valence-corrected chi connectivity index (χ0v) is 12.8. The first-order valence-electron chi connectivity index (χ1n) is 7.26. The molecule has 2 aromatic heterocycles. The fourth-order valence-electron chi connectivity index (χ4n) is 2.93. The van der Waals surface area contributed by atoms with E-state index in [1.165, 1.54) is 17.1 Å². The number of nitrogens with two attached hydrogens (primary N) is 2. The summed E-state index contributed by atoms with van der Waals surface area (Å²) in [6.07, 6.45) is -0.0847. The van der Waals surface area contributed by atoms with Gasteiger partial charge in [0.2, 0.25) is 5.43 Å². The Balaban J connectivity index is 2.29. The van der Waals surface area contributed by atoms with Crippen LogP contribution in [-0.4, -0.2) is 49.5 Å². The minimum absolute atomic E-state index is 0.0495. The molecule has 10 nitrogen and oxygen atoms in total. The van der Waals surface area contributed by atoms with Crippen molar-refractivity contribution in [3.05, 3.63) is 28.3 Å². The fraction of sp³-hybridized carbons (Fsp3) is 0.429. The number of carbonyl (C=O) groups is 1. The van der Waals surface area contributed by atoms with E-state index in [2.05, 4.69) is 9.97 Å². The molecule has 1 aliphatic rings. The molecule has 0 aromatic carbocycles. The van der Waals surface area contributed by atoms with Crippen molar-refractivity contribution in [3.63, 3.8) is 0 Å². The van der Waals surface area contributed by atoms with Gasteiger partial charge in [-0.15, -0.1) is 0 Å². The highest BCUT2D eigenvalue weighted by molar-refractivity contribution is 5.97. The molecule has 1 amide bonds. The van der Waals surface area contributed by atoms with Crippen LogP contribution in [0.4, 0.5) is 5.82 Å². The average molecular weight is 335 g/mol. The van der Waals surface area contributed by atoms with Crippen molar-refractivity contribution in [1.29, 1.82) is 0 Å². The average Bonchev–Trinajstić information content (AvgIpc) is 2.83. The Labute approximate surface area is 135 Å². The lowest BCUT2D eigenvalue weighted by Gasteiger charge is -2.21. The number of fused-ring (bicyclic) bond motifs is 1. The van der Waals surface area contributed by atoms with Crippen LogP contribution in [0, 0.1) is 5.92 Å². The molecule has 3 heterocycles. The number of primary amides is 1. The highest BCUT2D eigenvalue weighted by Crippen LogP contribution is 2.35. The third-order valence-corrected chi connectivity index (χ3v) is 4.24. The molecular formula is C14H17N5O5. The topological polar surface area (TPSA) is 167 Å². The van der Waals surface area contributed by atoms with Crippen LogP contribution in [0.2, 0.25) is 0 Å². The number of amides is 1. The standard InChI is InChI=1S/C14H17N5O5/c1-5-9(21)7(3-20)24-14(5)19-2-6(12(16)23)10(22)8-11(15)17-4-18-13(8)19/h2,4-5,7,9,14,20-21H,3H2,1H3,(H2,16,23)(H2,15,17,18)/t5-,7?,9?,14?/m0/s1. The predicted molar refractivity (Wildman–Crippen MR) is 82.9 cm³/mol. The number of carbonyl (C=O) groups excluding carboxylic acids is 1. The molecule has 2 aromatic rings. The summed E-state index contributed by atoms with van der Waals surface area (Å²) in [4.78, 5) is 31.9. The SMILES string of the molecule is C[C@H]1C(O)C(CO)OC1n1cc(C(N)=O)c(=O)c2c(N)ncnc21. The lowest BCUT2D eigenvalue weighted by Crippen LogP contribution is -2.29. The van der Waals surface area contributed by atoms with Gasteiger partial charge in [0.15, 0.2) is 5.65 Å². The van der Waals surface area contributed by atoms with Crippen molar-refractivity contribution in [2.24, 2.45) is 11.7 Å². The molecule has 0 bridgehead atoms. The number of ether oxygens (including phenoxy) is 1. The summed E-state index contributed by atoms with van der Waals surface area (Å²) in [5, 5.41) is 19.4. The van der Waals surface area contributed by atoms with E-state index in [9.17, 15) is 19.8 Å². The molecule has 6 N–H and O–H groups in total. The van der Waals surface area contributed by atoms with Crippen LogP contribution in [0.3, 0.4) is 0 Å². The Bertz CT molecular complexity index is 866. The minimum atomic E-state index is -0.927. The van der Waals surface area contributed by atoms with E-state index in [1.807, 2.05) is 0 Å². The monoisotopic (exact) mass is 335 g/mol. The highest BCUT2D eigenvalue weighted by atomic mass is 16.5. The van der Waals surface area contributed by atoms with Crippen molar-refractivity contribution < 1.29 is 19.7 Å². The summed E-state index contributed by atoms with van der Waals surface area (Å²) in [6.45, 7) is 1.34. The Kier molecular flexibility index (Phi) is 3.95. The molecule has 1 saturated heterocycles. The highest BCUT2D eigenvalue weighted by Gasteiger charge is 2.42. The van der Waals surface area contributed by atoms with E-state index in [0.717, 1.165) is 0 Å². The Hall–Kier alpha value is -2.56. The van der Waals surface area contributed by atoms with Crippen LogP contribution in [-0.2, 0) is 4.74 Å². The van der Waals surface area contributed by atoms with Crippen molar-refractivity contribution in [2.45, 2.75) is 25.4 Å². The lowest BCUT2D eigenvalue weighted by molar-refractivity contribution is -0.0447. The van der Waals surface area contributed by atoms with Crippen molar-refractivity contribution in [1.82, 2.24) is 14.5 Å². The van der Waals surface area contributed by atoms with Crippen LogP contribution in [0.15, 0.2) is 17.3 Å². The number of pyridine rings is 1. The van der Waals surface area contributed by atoms with Crippen molar-refractivity contribution in [3.8, 4) is 0 Å². The Morgan fingerprint density at radius 3 is 2.75 bits per heavy atom. The van der Waals surface area contributed by atoms with Gasteiger partial charge in [-0.3, -0.25) is 9.59 Å². The second-order valence-electron chi connectivity index (χ2n) is 5.70. The first-order chi connectivity index (χ1) is 11.4. The summed E-state index contributed by atoms with van der Waals surface area (Å²) in [5.41, 5.74) is 10.2. The van der Waals surface area contributed by atoms with E-state index < -0.39 is 35.7 Å². The molecule has 10 heteroatoms. The zero-order chi connectivity index (χ0) is 17.6. The van der Waals surface area contributed by atoms with E-state index >= 15 is 0 Å². The molecule has 0 aliphatic carbocycles. The summed E-state index contributed by atoms with van der Waals surface area (Å²) >= 11 is 0. The van der Waals surface area contributed by atoms with Gasteiger partial charge in [0, 0.05) is 12.1 Å². The molecular weight excluding hydrogens is 318 g/mol. The fourth-order valence-corrected chi connectivity index (χ4v) is 2.93. The summed E-state index contributed by atoms with van der Waals surface area (Å²) in [6, 6.07) is 0.